The van der Waals surface area contributed by atoms with Crippen LogP contribution >= 0.6 is 0 Å². The van der Waals surface area contributed by atoms with Crippen molar-refractivity contribution in [1.29, 1.82) is 0 Å². The molecule has 1 aliphatic carbocycles. The van der Waals surface area contributed by atoms with Crippen molar-refractivity contribution in [1.82, 2.24) is 15.3 Å². The molecular formula is C11H15N3O3. The predicted octanol–water partition coefficient (Wildman–Crippen LogP) is 0.179. The van der Waals surface area contributed by atoms with E-state index in [1.54, 1.807) is 0 Å². The van der Waals surface area contributed by atoms with Gasteiger partial charge in [0.2, 0.25) is 0 Å². The molecule has 0 atom stereocenters. The van der Waals surface area contributed by atoms with Crippen LogP contribution < -0.4 is 5.32 Å². The van der Waals surface area contributed by atoms with Crippen LogP contribution in [0, 0.1) is 0 Å². The molecule has 1 saturated carbocycles. The molecule has 1 aromatic heterocycles. The number of carbonyl (C=O) groups is 1. The highest BCUT2D eigenvalue weighted by atomic mass is 16.4. The summed E-state index contributed by atoms with van der Waals surface area (Å²) in [4.78, 5) is 18.5. The Bertz CT molecular complexity index is 418. The van der Waals surface area contributed by atoms with Gasteiger partial charge in [0.15, 0.2) is 0 Å². The van der Waals surface area contributed by atoms with Crippen LogP contribution in [0.25, 0.3) is 0 Å². The molecule has 1 fully saturated rings. The SMILES string of the molecule is O=C(O)c1cncnc1CNCC1(O)CCC1. The number of nitrogens with zero attached hydrogens (tertiary/aromatic N) is 2. The molecule has 1 aliphatic rings. The average molecular weight is 237 g/mol. The minimum Gasteiger partial charge on any atom is -0.478 e. The molecule has 1 aromatic rings. The van der Waals surface area contributed by atoms with Crippen LogP contribution in [0.2, 0.25) is 0 Å². The van der Waals surface area contributed by atoms with Gasteiger partial charge < -0.3 is 15.5 Å². The number of aromatic carboxylic acids is 1. The third-order valence-corrected chi connectivity index (χ3v) is 3.06. The third-order valence-electron chi connectivity index (χ3n) is 3.06. The van der Waals surface area contributed by atoms with Crippen molar-refractivity contribution >= 4 is 5.97 Å². The maximum atomic E-state index is 10.9. The molecule has 2 rings (SSSR count). The number of nitrogens with one attached hydrogen (secondary N) is 1. The van der Waals surface area contributed by atoms with Crippen molar-refractivity contribution in [2.75, 3.05) is 6.54 Å². The molecule has 0 saturated heterocycles. The lowest BCUT2D eigenvalue weighted by atomic mass is 9.80. The van der Waals surface area contributed by atoms with Crippen LogP contribution in [0.4, 0.5) is 0 Å². The molecule has 1 heterocycles. The summed E-state index contributed by atoms with van der Waals surface area (Å²) in [5, 5.41) is 21.8. The maximum Gasteiger partial charge on any atom is 0.339 e. The molecule has 0 aliphatic heterocycles. The minimum atomic E-state index is -1.04. The van der Waals surface area contributed by atoms with E-state index in [2.05, 4.69) is 15.3 Å². The Morgan fingerprint density at radius 2 is 2.29 bits per heavy atom. The first-order valence-electron chi connectivity index (χ1n) is 5.56. The lowest BCUT2D eigenvalue weighted by molar-refractivity contribution is -0.0315. The van der Waals surface area contributed by atoms with Gasteiger partial charge in [-0.25, -0.2) is 14.8 Å². The summed E-state index contributed by atoms with van der Waals surface area (Å²) in [5.41, 5.74) is -0.0767. The average Bonchev–Trinajstić information content (AvgIpc) is 2.27. The van der Waals surface area contributed by atoms with Gasteiger partial charge >= 0.3 is 5.97 Å². The molecule has 6 nitrogen and oxygen atoms in total. The van der Waals surface area contributed by atoms with Gasteiger partial charge in [0.05, 0.1) is 11.3 Å². The monoisotopic (exact) mass is 237 g/mol. The third kappa shape index (κ3) is 2.78. The zero-order chi connectivity index (χ0) is 12.3. The van der Waals surface area contributed by atoms with Crippen molar-refractivity contribution in [2.45, 2.75) is 31.4 Å². The molecule has 0 aromatic carbocycles. The van der Waals surface area contributed by atoms with Crippen molar-refractivity contribution < 1.29 is 15.0 Å². The summed E-state index contributed by atoms with van der Waals surface area (Å²) < 4.78 is 0. The second kappa shape index (κ2) is 4.77. The van der Waals surface area contributed by atoms with Crippen LogP contribution in [0.1, 0.15) is 35.3 Å². The molecule has 0 amide bonds. The van der Waals surface area contributed by atoms with E-state index >= 15 is 0 Å². The molecule has 0 unspecified atom stereocenters. The molecule has 92 valence electrons. The Morgan fingerprint density at radius 3 is 2.88 bits per heavy atom. The van der Waals surface area contributed by atoms with Crippen LogP contribution in [0.3, 0.4) is 0 Å². The van der Waals surface area contributed by atoms with Crippen LogP contribution in [0.5, 0.6) is 0 Å². The standard InChI is InChI=1S/C11H15N3O3/c15-10(16)8-4-13-7-14-9(8)5-12-6-11(17)2-1-3-11/h4,7,12,17H,1-3,5-6H2,(H,15,16). The van der Waals surface area contributed by atoms with E-state index in [0.29, 0.717) is 18.8 Å². The van der Waals surface area contributed by atoms with E-state index in [1.165, 1.54) is 12.5 Å². The number of hydrogen-bond donors (Lipinski definition) is 3. The predicted molar refractivity (Wildman–Crippen MR) is 59.5 cm³/mol. The first kappa shape index (κ1) is 11.9. The normalized spacial score (nSPS) is 17.5. The Labute approximate surface area is 98.7 Å². The Morgan fingerprint density at radius 1 is 1.53 bits per heavy atom. The van der Waals surface area contributed by atoms with Crippen LogP contribution in [0.15, 0.2) is 12.5 Å². The second-order valence-corrected chi connectivity index (χ2v) is 4.37. The van der Waals surface area contributed by atoms with Gasteiger partial charge in [0.1, 0.15) is 11.9 Å². The minimum absolute atomic E-state index is 0.0978. The summed E-state index contributed by atoms with van der Waals surface area (Å²) in [6.45, 7) is 0.794. The second-order valence-electron chi connectivity index (χ2n) is 4.37. The zero-order valence-electron chi connectivity index (χ0n) is 9.39. The van der Waals surface area contributed by atoms with Crippen LogP contribution in [-0.2, 0) is 6.54 Å². The number of hydrogen-bond acceptors (Lipinski definition) is 5. The van der Waals surface area contributed by atoms with Gasteiger partial charge in [0.25, 0.3) is 0 Å². The number of aromatic nitrogens is 2. The Hall–Kier alpha value is -1.53. The van der Waals surface area contributed by atoms with Gasteiger partial charge in [-0.2, -0.15) is 0 Å². The lowest BCUT2D eigenvalue weighted by Gasteiger charge is -2.36. The Balaban J connectivity index is 1.92. The summed E-state index contributed by atoms with van der Waals surface area (Å²) in [6, 6.07) is 0. The quantitative estimate of drug-likeness (QED) is 0.676. The van der Waals surface area contributed by atoms with Gasteiger partial charge in [-0.05, 0) is 19.3 Å². The first-order valence-corrected chi connectivity index (χ1v) is 5.56. The van der Waals surface area contributed by atoms with E-state index in [4.69, 9.17) is 5.11 Å². The van der Waals surface area contributed by atoms with Gasteiger partial charge in [0, 0.05) is 19.3 Å². The molecule has 6 heteroatoms. The molecule has 0 bridgehead atoms. The first-order chi connectivity index (χ1) is 8.11. The largest absolute Gasteiger partial charge is 0.478 e. The highest BCUT2D eigenvalue weighted by Gasteiger charge is 2.33. The summed E-state index contributed by atoms with van der Waals surface area (Å²) in [5.74, 6) is -1.04. The van der Waals surface area contributed by atoms with Gasteiger partial charge in [-0.3, -0.25) is 0 Å². The number of carboxylic acids is 1. The van der Waals surface area contributed by atoms with E-state index < -0.39 is 11.6 Å². The summed E-state index contributed by atoms with van der Waals surface area (Å²) in [6.07, 6.45) is 5.25. The fourth-order valence-electron chi connectivity index (χ4n) is 1.85. The highest BCUT2D eigenvalue weighted by Crippen LogP contribution is 2.30. The number of aliphatic hydroxyl groups is 1. The summed E-state index contributed by atoms with van der Waals surface area (Å²) in [7, 11) is 0. The zero-order valence-corrected chi connectivity index (χ0v) is 9.39. The molecule has 0 radical (unpaired) electrons. The number of carboxylic acid groups (broad SMARTS) is 1. The van der Waals surface area contributed by atoms with E-state index in [9.17, 15) is 9.90 Å². The van der Waals surface area contributed by atoms with Crippen molar-refractivity contribution in [2.24, 2.45) is 0 Å². The lowest BCUT2D eigenvalue weighted by Crippen LogP contribution is -2.46. The fourth-order valence-corrected chi connectivity index (χ4v) is 1.85. The topological polar surface area (TPSA) is 95.3 Å². The van der Waals surface area contributed by atoms with E-state index in [1.807, 2.05) is 0 Å². The maximum absolute atomic E-state index is 10.9. The van der Waals surface area contributed by atoms with E-state index in [-0.39, 0.29) is 5.56 Å². The van der Waals surface area contributed by atoms with E-state index in [0.717, 1.165) is 19.3 Å². The molecular weight excluding hydrogens is 222 g/mol. The number of rotatable bonds is 5. The summed E-state index contributed by atoms with van der Waals surface area (Å²) >= 11 is 0. The molecule has 3 N–H and O–H groups in total. The Kier molecular flexibility index (Phi) is 3.35. The van der Waals surface area contributed by atoms with Crippen molar-refractivity contribution in [3.63, 3.8) is 0 Å². The van der Waals surface area contributed by atoms with Gasteiger partial charge in [-0.1, -0.05) is 0 Å². The highest BCUT2D eigenvalue weighted by molar-refractivity contribution is 5.88. The van der Waals surface area contributed by atoms with Crippen molar-refractivity contribution in [3.05, 3.63) is 23.8 Å². The van der Waals surface area contributed by atoms with Gasteiger partial charge in [-0.15, -0.1) is 0 Å². The molecule has 0 spiro atoms. The van der Waals surface area contributed by atoms with Crippen LogP contribution in [-0.4, -0.2) is 38.3 Å². The smallest absolute Gasteiger partial charge is 0.339 e. The van der Waals surface area contributed by atoms with Crippen molar-refractivity contribution in [3.8, 4) is 0 Å². The molecule has 17 heavy (non-hydrogen) atoms. The fraction of sp³-hybridized carbons (Fsp3) is 0.545.